The van der Waals surface area contributed by atoms with Crippen LogP contribution in [-0.2, 0) is 14.8 Å². The van der Waals surface area contributed by atoms with E-state index in [-0.39, 0.29) is 4.90 Å². The lowest BCUT2D eigenvalue weighted by Gasteiger charge is -2.10. The molecule has 0 spiro atoms. The van der Waals surface area contributed by atoms with E-state index in [9.17, 15) is 22.0 Å². The Morgan fingerprint density at radius 2 is 1.24 bits per heavy atom. The monoisotopic (exact) mass is 413 g/mol. The number of carbonyl (C=O) groups is 1. The summed E-state index contributed by atoms with van der Waals surface area (Å²) in [5.74, 6) is -1.80. The molecule has 0 saturated heterocycles. The van der Waals surface area contributed by atoms with Crippen LogP contribution in [0, 0.1) is 18.6 Å². The molecule has 0 heterocycles. The van der Waals surface area contributed by atoms with Crippen LogP contribution in [0.5, 0.6) is 0 Å². The Balaban J connectivity index is 1.96. The average Bonchev–Trinajstić information content (AvgIpc) is 2.68. The molecule has 0 radical (unpaired) electrons. The van der Waals surface area contributed by atoms with Gasteiger partial charge in [-0.15, -0.1) is 0 Å². The third kappa shape index (κ3) is 5.14. The van der Waals surface area contributed by atoms with Crippen LogP contribution in [0.2, 0.25) is 0 Å². The summed E-state index contributed by atoms with van der Waals surface area (Å²) in [6.45, 7) is 1.81. The molecule has 148 valence electrons. The standard InChI is InChI=1S/C22H17F2NO3S/c1-15-2-12-20(13-3-15)29(27,28)25-22(26)14-21(16-4-8-18(23)9-5-16)17-6-10-19(24)11-7-17/h2-14H,1H3,(H,25,26). The van der Waals surface area contributed by atoms with Gasteiger partial charge in [0.05, 0.1) is 4.90 Å². The van der Waals surface area contributed by atoms with Gasteiger partial charge in [-0.2, -0.15) is 0 Å². The van der Waals surface area contributed by atoms with Crippen LogP contribution in [-0.4, -0.2) is 14.3 Å². The van der Waals surface area contributed by atoms with Crippen molar-refractivity contribution in [1.82, 2.24) is 4.72 Å². The molecule has 0 atom stereocenters. The number of benzene rings is 3. The van der Waals surface area contributed by atoms with Crippen LogP contribution < -0.4 is 4.72 Å². The first kappa shape index (κ1) is 20.4. The van der Waals surface area contributed by atoms with Crippen molar-refractivity contribution in [2.45, 2.75) is 11.8 Å². The van der Waals surface area contributed by atoms with Crippen molar-refractivity contribution in [3.8, 4) is 0 Å². The number of hydrogen-bond donors (Lipinski definition) is 1. The van der Waals surface area contributed by atoms with E-state index in [1.165, 1.54) is 60.7 Å². The molecule has 4 nitrogen and oxygen atoms in total. The SMILES string of the molecule is Cc1ccc(S(=O)(=O)NC(=O)C=C(c2ccc(F)cc2)c2ccc(F)cc2)cc1. The third-order valence-electron chi connectivity index (χ3n) is 4.15. The molecule has 0 aromatic heterocycles. The van der Waals surface area contributed by atoms with Crippen molar-refractivity contribution in [3.05, 3.63) is 107 Å². The van der Waals surface area contributed by atoms with Crippen LogP contribution in [0.1, 0.15) is 16.7 Å². The fourth-order valence-corrected chi connectivity index (χ4v) is 3.60. The molecule has 0 aliphatic heterocycles. The molecule has 0 saturated carbocycles. The van der Waals surface area contributed by atoms with Gasteiger partial charge in [0.1, 0.15) is 11.6 Å². The minimum absolute atomic E-state index is 0.0463. The molecule has 0 aliphatic rings. The fraction of sp³-hybridized carbons (Fsp3) is 0.0455. The molecule has 0 fully saturated rings. The summed E-state index contributed by atoms with van der Waals surface area (Å²) in [5, 5.41) is 0. The summed E-state index contributed by atoms with van der Waals surface area (Å²) in [6.07, 6.45) is 1.09. The van der Waals surface area contributed by atoms with Crippen molar-refractivity contribution < 1.29 is 22.0 Å². The van der Waals surface area contributed by atoms with Gasteiger partial charge < -0.3 is 0 Å². The fourth-order valence-electron chi connectivity index (χ4n) is 2.66. The lowest BCUT2D eigenvalue weighted by molar-refractivity contribution is -0.114. The molecule has 3 aromatic rings. The van der Waals surface area contributed by atoms with Gasteiger partial charge in [0.25, 0.3) is 15.9 Å². The molecular formula is C22H17F2NO3S. The largest absolute Gasteiger partial charge is 0.269 e. The van der Waals surface area contributed by atoms with Gasteiger partial charge in [0.15, 0.2) is 0 Å². The summed E-state index contributed by atoms with van der Waals surface area (Å²) in [5.41, 5.74) is 2.15. The van der Waals surface area contributed by atoms with Crippen molar-refractivity contribution in [2.75, 3.05) is 0 Å². The highest BCUT2D eigenvalue weighted by atomic mass is 32.2. The predicted octanol–water partition coefficient (Wildman–Crippen LogP) is 4.21. The zero-order valence-electron chi connectivity index (χ0n) is 15.4. The molecule has 0 aliphatic carbocycles. The first-order chi connectivity index (χ1) is 13.7. The normalized spacial score (nSPS) is 11.0. The topological polar surface area (TPSA) is 63.2 Å². The summed E-state index contributed by atoms with van der Waals surface area (Å²) >= 11 is 0. The third-order valence-corrected chi connectivity index (χ3v) is 5.51. The van der Waals surface area contributed by atoms with Gasteiger partial charge in [-0.3, -0.25) is 4.79 Å². The number of sulfonamides is 1. The molecule has 7 heteroatoms. The minimum atomic E-state index is -4.06. The quantitative estimate of drug-likeness (QED) is 0.638. The van der Waals surface area contributed by atoms with Crippen molar-refractivity contribution in [3.63, 3.8) is 0 Å². The molecule has 29 heavy (non-hydrogen) atoms. The first-order valence-electron chi connectivity index (χ1n) is 8.62. The number of rotatable bonds is 5. The average molecular weight is 413 g/mol. The molecular weight excluding hydrogens is 396 g/mol. The maximum absolute atomic E-state index is 13.3. The highest BCUT2D eigenvalue weighted by Crippen LogP contribution is 2.24. The Kier molecular flexibility index (Phi) is 5.89. The van der Waals surface area contributed by atoms with Crippen molar-refractivity contribution in [2.24, 2.45) is 0 Å². The van der Waals surface area contributed by atoms with Crippen LogP contribution in [0.3, 0.4) is 0 Å². The van der Waals surface area contributed by atoms with E-state index in [1.807, 2.05) is 11.6 Å². The Bertz CT molecular complexity index is 1100. The summed E-state index contributed by atoms with van der Waals surface area (Å²) < 4.78 is 53.4. The molecule has 3 rings (SSSR count). The first-order valence-corrected chi connectivity index (χ1v) is 10.1. The molecule has 1 amide bonds. The van der Waals surface area contributed by atoms with Gasteiger partial charge in [-0.1, -0.05) is 42.0 Å². The molecule has 0 bridgehead atoms. The van der Waals surface area contributed by atoms with Crippen LogP contribution in [0.15, 0.2) is 83.8 Å². The maximum atomic E-state index is 13.3. The van der Waals surface area contributed by atoms with Crippen LogP contribution in [0.4, 0.5) is 8.78 Å². The van der Waals surface area contributed by atoms with Gasteiger partial charge in [-0.05, 0) is 60.0 Å². The van der Waals surface area contributed by atoms with Crippen LogP contribution >= 0.6 is 0 Å². The second kappa shape index (κ2) is 8.36. The summed E-state index contributed by atoms with van der Waals surface area (Å²) in [6, 6.07) is 16.7. The second-order valence-corrected chi connectivity index (χ2v) is 8.04. The van der Waals surface area contributed by atoms with E-state index in [2.05, 4.69) is 0 Å². The van der Waals surface area contributed by atoms with Crippen LogP contribution in [0.25, 0.3) is 5.57 Å². The zero-order valence-corrected chi connectivity index (χ0v) is 16.2. The second-order valence-electron chi connectivity index (χ2n) is 6.35. The van der Waals surface area contributed by atoms with E-state index in [0.29, 0.717) is 16.7 Å². The smallest absolute Gasteiger partial charge is 0.264 e. The highest BCUT2D eigenvalue weighted by Gasteiger charge is 2.17. The number of nitrogens with one attached hydrogen (secondary N) is 1. The minimum Gasteiger partial charge on any atom is -0.269 e. The Morgan fingerprint density at radius 3 is 1.69 bits per heavy atom. The molecule has 1 N–H and O–H groups in total. The van der Waals surface area contributed by atoms with E-state index < -0.39 is 27.6 Å². The Labute approximate surface area is 167 Å². The van der Waals surface area contributed by atoms with Crippen molar-refractivity contribution >= 4 is 21.5 Å². The van der Waals surface area contributed by atoms with E-state index >= 15 is 0 Å². The van der Waals surface area contributed by atoms with Gasteiger partial charge in [0.2, 0.25) is 0 Å². The number of amides is 1. The number of halogens is 2. The Hall–Kier alpha value is -3.32. The van der Waals surface area contributed by atoms with E-state index in [1.54, 1.807) is 12.1 Å². The number of aryl methyl sites for hydroxylation is 1. The lowest BCUT2D eigenvalue weighted by atomic mass is 9.97. The van der Waals surface area contributed by atoms with Gasteiger partial charge >= 0.3 is 0 Å². The van der Waals surface area contributed by atoms with Gasteiger partial charge in [0, 0.05) is 6.08 Å². The van der Waals surface area contributed by atoms with Gasteiger partial charge in [-0.25, -0.2) is 21.9 Å². The van der Waals surface area contributed by atoms with E-state index in [4.69, 9.17) is 0 Å². The molecule has 0 unspecified atom stereocenters. The zero-order chi connectivity index (χ0) is 21.0. The number of hydrogen-bond acceptors (Lipinski definition) is 3. The maximum Gasteiger partial charge on any atom is 0.264 e. The van der Waals surface area contributed by atoms with E-state index in [0.717, 1.165) is 11.6 Å². The Morgan fingerprint density at radius 1 is 0.793 bits per heavy atom. The number of carbonyl (C=O) groups excluding carboxylic acids is 1. The van der Waals surface area contributed by atoms with Crippen molar-refractivity contribution in [1.29, 1.82) is 0 Å². The summed E-state index contributed by atoms with van der Waals surface area (Å²) in [7, 11) is -4.06. The molecule has 3 aromatic carbocycles. The highest BCUT2D eigenvalue weighted by molar-refractivity contribution is 7.90. The predicted molar refractivity (Wildman–Crippen MR) is 106 cm³/mol. The summed E-state index contributed by atoms with van der Waals surface area (Å²) in [4.78, 5) is 12.4. The lowest BCUT2D eigenvalue weighted by Crippen LogP contribution is -2.29.